The quantitative estimate of drug-likeness (QED) is 0.398. The van der Waals surface area contributed by atoms with Crippen LogP contribution in [0, 0.1) is 18.8 Å². The number of nitrogens with zero attached hydrogens (tertiary/aromatic N) is 1. The normalized spacial score (nSPS) is 11.4. The average molecular weight is 429 g/mol. The van der Waals surface area contributed by atoms with E-state index < -0.39 is 18.2 Å². The number of H-pyrrole nitrogens is 1. The number of amides is 1. The van der Waals surface area contributed by atoms with Crippen molar-refractivity contribution in [2.75, 3.05) is 5.32 Å². The fourth-order valence-corrected chi connectivity index (χ4v) is 3.14. The second kappa shape index (κ2) is 8.70. The number of carboxylic acid groups (broad SMARTS) is 1. The lowest BCUT2D eigenvalue weighted by Crippen LogP contribution is -2.16. The maximum Gasteiger partial charge on any atom is 0.412 e. The predicted molar refractivity (Wildman–Crippen MR) is 117 cm³/mol. The number of rotatable bonds is 4. The van der Waals surface area contributed by atoms with Crippen LogP contribution in [0.15, 0.2) is 59.1 Å². The molecule has 0 spiro atoms. The van der Waals surface area contributed by atoms with Crippen LogP contribution < -0.4 is 5.32 Å². The van der Waals surface area contributed by atoms with Gasteiger partial charge in [-0.1, -0.05) is 47.5 Å². The zero-order valence-corrected chi connectivity index (χ0v) is 17.3. The van der Waals surface area contributed by atoms with Crippen LogP contribution in [-0.2, 0) is 4.74 Å². The van der Waals surface area contributed by atoms with Crippen LogP contribution in [-0.4, -0.2) is 27.3 Å². The molecule has 8 nitrogen and oxygen atoms in total. The molecule has 2 aromatic heterocycles. The lowest BCUT2D eigenvalue weighted by Gasteiger charge is -2.13. The minimum Gasteiger partial charge on any atom is -0.477 e. The fraction of sp³-hybridized carbons (Fsp3) is 0.125. The maximum atomic E-state index is 12.4. The first kappa shape index (κ1) is 20.8. The summed E-state index contributed by atoms with van der Waals surface area (Å²) in [6.07, 6.45) is -1.08. The van der Waals surface area contributed by atoms with Crippen molar-refractivity contribution in [3.63, 3.8) is 0 Å². The molecule has 0 aliphatic carbocycles. The number of aromatic amines is 1. The lowest BCUT2D eigenvalue weighted by atomic mass is 10.1. The minimum atomic E-state index is -1.03. The molecule has 0 fully saturated rings. The van der Waals surface area contributed by atoms with Gasteiger partial charge in [-0.3, -0.25) is 5.32 Å². The zero-order valence-electron chi connectivity index (χ0n) is 17.3. The van der Waals surface area contributed by atoms with Crippen molar-refractivity contribution in [1.82, 2.24) is 10.1 Å². The molecule has 3 N–H and O–H groups in total. The van der Waals surface area contributed by atoms with E-state index in [0.29, 0.717) is 22.5 Å². The van der Waals surface area contributed by atoms with Crippen molar-refractivity contribution in [3.05, 3.63) is 82.9 Å². The number of nitrogens with one attached hydrogen (secondary N) is 2. The van der Waals surface area contributed by atoms with Crippen molar-refractivity contribution in [2.24, 2.45) is 0 Å². The highest BCUT2D eigenvalue weighted by Gasteiger charge is 2.17. The number of ether oxygens (including phenoxy) is 1. The summed E-state index contributed by atoms with van der Waals surface area (Å²) in [6, 6.07) is 16.2. The number of benzene rings is 2. The van der Waals surface area contributed by atoms with Gasteiger partial charge in [0.25, 0.3) is 0 Å². The standard InChI is InChI=1S/C24H19N3O5/c1-14-22(26-24(30)31-15(2)17-6-4-3-5-7-17)21(32-27-14)11-9-16-8-10-18-13-20(23(28)29)25-19(18)12-16/h3-8,10,12-13,15,25H,1-2H3,(H,26,30)(H,28,29). The van der Waals surface area contributed by atoms with E-state index in [1.807, 2.05) is 30.3 Å². The highest BCUT2D eigenvalue weighted by Crippen LogP contribution is 2.22. The van der Waals surface area contributed by atoms with Crippen molar-refractivity contribution in [3.8, 4) is 11.8 Å². The van der Waals surface area contributed by atoms with Gasteiger partial charge >= 0.3 is 12.1 Å². The zero-order chi connectivity index (χ0) is 22.7. The molecular formula is C24H19N3O5. The van der Waals surface area contributed by atoms with Gasteiger partial charge < -0.3 is 19.4 Å². The Labute approximate surface area is 183 Å². The van der Waals surface area contributed by atoms with Gasteiger partial charge in [0.1, 0.15) is 23.2 Å². The molecule has 0 aliphatic heterocycles. The molecule has 32 heavy (non-hydrogen) atoms. The van der Waals surface area contributed by atoms with Crippen molar-refractivity contribution < 1.29 is 24.0 Å². The Bertz CT molecular complexity index is 1360. The van der Waals surface area contributed by atoms with Gasteiger partial charge in [0.2, 0.25) is 5.76 Å². The number of aryl methyl sites for hydroxylation is 1. The topological polar surface area (TPSA) is 117 Å². The van der Waals surface area contributed by atoms with Gasteiger partial charge in [0, 0.05) is 16.5 Å². The van der Waals surface area contributed by atoms with E-state index in [1.54, 1.807) is 38.1 Å². The molecule has 8 heteroatoms. The van der Waals surface area contributed by atoms with Crippen LogP contribution in [0.25, 0.3) is 10.9 Å². The maximum absolute atomic E-state index is 12.4. The molecular weight excluding hydrogens is 410 g/mol. The summed E-state index contributed by atoms with van der Waals surface area (Å²) in [7, 11) is 0. The Balaban J connectivity index is 1.51. The van der Waals surface area contributed by atoms with Gasteiger partial charge in [-0.25, -0.2) is 9.59 Å². The molecule has 0 saturated carbocycles. The summed E-state index contributed by atoms with van der Waals surface area (Å²) < 4.78 is 10.7. The molecule has 4 aromatic rings. The van der Waals surface area contributed by atoms with Gasteiger partial charge in [0.15, 0.2) is 0 Å². The van der Waals surface area contributed by atoms with E-state index in [0.717, 1.165) is 10.9 Å². The molecule has 1 amide bonds. The number of aromatic nitrogens is 2. The van der Waals surface area contributed by atoms with Gasteiger partial charge in [-0.2, -0.15) is 0 Å². The first-order valence-corrected chi connectivity index (χ1v) is 9.77. The number of hydrogen-bond donors (Lipinski definition) is 3. The fourth-order valence-electron chi connectivity index (χ4n) is 3.14. The second-order valence-electron chi connectivity index (χ2n) is 7.10. The summed E-state index contributed by atoms with van der Waals surface area (Å²) in [5.74, 6) is 4.95. The van der Waals surface area contributed by atoms with Crippen LogP contribution in [0.4, 0.5) is 10.5 Å². The smallest absolute Gasteiger partial charge is 0.412 e. The Hall–Kier alpha value is -4.51. The predicted octanol–water partition coefficient (Wildman–Crippen LogP) is 4.87. The third-order valence-electron chi connectivity index (χ3n) is 4.82. The number of carboxylic acids is 1. The highest BCUT2D eigenvalue weighted by molar-refractivity contribution is 5.94. The third kappa shape index (κ3) is 4.47. The number of hydrogen-bond acceptors (Lipinski definition) is 5. The van der Waals surface area contributed by atoms with Crippen molar-refractivity contribution >= 4 is 28.7 Å². The Morgan fingerprint density at radius 3 is 2.69 bits per heavy atom. The largest absolute Gasteiger partial charge is 0.477 e. The monoisotopic (exact) mass is 429 g/mol. The molecule has 4 rings (SSSR count). The van der Waals surface area contributed by atoms with Gasteiger partial charge in [-0.05, 0) is 43.5 Å². The summed E-state index contributed by atoms with van der Waals surface area (Å²) in [5.41, 5.74) is 3.05. The SMILES string of the molecule is Cc1noc(C#Cc2ccc3cc(C(=O)O)[nH]c3c2)c1NC(=O)OC(C)c1ccccc1. The molecule has 160 valence electrons. The first-order valence-electron chi connectivity index (χ1n) is 9.77. The highest BCUT2D eigenvalue weighted by atomic mass is 16.6. The van der Waals surface area contributed by atoms with E-state index in [-0.39, 0.29) is 11.5 Å². The van der Waals surface area contributed by atoms with E-state index in [4.69, 9.17) is 14.4 Å². The van der Waals surface area contributed by atoms with Crippen LogP contribution in [0.2, 0.25) is 0 Å². The number of aromatic carboxylic acids is 1. The van der Waals surface area contributed by atoms with Gasteiger partial charge in [-0.15, -0.1) is 0 Å². The van der Waals surface area contributed by atoms with Crippen LogP contribution in [0.1, 0.15) is 46.1 Å². The Kier molecular flexibility index (Phi) is 5.64. The van der Waals surface area contributed by atoms with Gasteiger partial charge in [0.05, 0.1) is 0 Å². The Morgan fingerprint density at radius 2 is 1.94 bits per heavy atom. The number of fused-ring (bicyclic) bond motifs is 1. The van der Waals surface area contributed by atoms with E-state index >= 15 is 0 Å². The molecule has 2 heterocycles. The van der Waals surface area contributed by atoms with E-state index in [9.17, 15) is 9.59 Å². The molecule has 0 saturated heterocycles. The molecule has 1 unspecified atom stereocenters. The van der Waals surface area contributed by atoms with Crippen LogP contribution in [0.5, 0.6) is 0 Å². The number of carbonyl (C=O) groups is 2. The molecule has 0 aliphatic rings. The molecule has 0 bridgehead atoms. The summed E-state index contributed by atoms with van der Waals surface area (Å²) in [4.78, 5) is 26.3. The number of anilines is 1. The Morgan fingerprint density at radius 1 is 1.16 bits per heavy atom. The van der Waals surface area contributed by atoms with Crippen molar-refractivity contribution in [2.45, 2.75) is 20.0 Å². The third-order valence-corrected chi connectivity index (χ3v) is 4.82. The van der Waals surface area contributed by atoms with Crippen LogP contribution in [0.3, 0.4) is 0 Å². The molecule has 1 atom stereocenters. The molecule has 2 aromatic carbocycles. The molecule has 0 radical (unpaired) electrons. The average Bonchev–Trinajstić information content (AvgIpc) is 3.36. The number of carbonyl (C=O) groups excluding carboxylic acids is 1. The van der Waals surface area contributed by atoms with E-state index in [2.05, 4.69) is 27.3 Å². The van der Waals surface area contributed by atoms with E-state index in [1.165, 1.54) is 0 Å². The summed E-state index contributed by atoms with van der Waals surface area (Å²) in [6.45, 7) is 3.46. The second-order valence-corrected chi connectivity index (χ2v) is 7.10. The van der Waals surface area contributed by atoms with Crippen LogP contribution >= 0.6 is 0 Å². The minimum absolute atomic E-state index is 0.102. The summed E-state index contributed by atoms with van der Waals surface area (Å²) in [5, 5.41) is 16.4. The lowest BCUT2D eigenvalue weighted by molar-refractivity contribution is 0.0691. The van der Waals surface area contributed by atoms with Crippen molar-refractivity contribution in [1.29, 1.82) is 0 Å². The summed E-state index contributed by atoms with van der Waals surface area (Å²) >= 11 is 0. The first-order chi connectivity index (χ1) is 15.4.